The molecule has 0 heterocycles. The molecule has 1 unspecified atom stereocenters. The van der Waals surface area contributed by atoms with Crippen LogP contribution in [0.25, 0.3) is 6.08 Å². The molecule has 0 radical (unpaired) electrons. The molecule has 0 aliphatic carbocycles. The first-order valence-electron chi connectivity index (χ1n) is 5.03. The minimum absolute atomic E-state index is 0.0741. The molecule has 80 valence electrons. The lowest BCUT2D eigenvalue weighted by Crippen LogP contribution is -2.11. The van der Waals surface area contributed by atoms with E-state index in [1.807, 2.05) is 49.4 Å². The lowest BCUT2D eigenvalue weighted by Gasteiger charge is -2.04. The average molecular weight is 204 g/mol. The van der Waals surface area contributed by atoms with Gasteiger partial charge in [-0.3, -0.25) is 4.79 Å². The van der Waals surface area contributed by atoms with Gasteiger partial charge in [-0.2, -0.15) is 0 Å². The number of allylic oxidation sites excluding steroid dienone is 1. The number of hydrogen-bond acceptors (Lipinski definition) is 2. The van der Waals surface area contributed by atoms with Gasteiger partial charge < -0.3 is 4.74 Å². The maximum Gasteiger partial charge on any atom is 0.308 e. The maximum atomic E-state index is 11.1. The Hall–Kier alpha value is -1.57. The highest BCUT2D eigenvalue weighted by atomic mass is 16.5. The summed E-state index contributed by atoms with van der Waals surface area (Å²) in [5.74, 6) is -0.234. The fourth-order valence-corrected chi connectivity index (χ4v) is 1.27. The predicted octanol–water partition coefficient (Wildman–Crippen LogP) is 2.90. The zero-order chi connectivity index (χ0) is 11.1. The predicted molar refractivity (Wildman–Crippen MR) is 61.3 cm³/mol. The van der Waals surface area contributed by atoms with Crippen molar-refractivity contribution in [3.05, 3.63) is 42.0 Å². The Labute approximate surface area is 90.6 Å². The van der Waals surface area contributed by atoms with Crippen LogP contribution >= 0.6 is 0 Å². The lowest BCUT2D eigenvalue weighted by atomic mass is 10.1. The summed E-state index contributed by atoms with van der Waals surface area (Å²) in [6.45, 7) is 1.86. The first-order chi connectivity index (χ1) is 7.24. The molecule has 0 saturated carbocycles. The number of carbonyl (C=O) groups excluding carboxylic acids is 1. The van der Waals surface area contributed by atoms with E-state index in [0.717, 1.165) is 5.56 Å². The van der Waals surface area contributed by atoms with Crippen molar-refractivity contribution in [1.82, 2.24) is 0 Å². The summed E-state index contributed by atoms with van der Waals surface area (Å²) in [4.78, 5) is 11.1. The van der Waals surface area contributed by atoms with Gasteiger partial charge in [-0.1, -0.05) is 49.4 Å². The Balaban J connectivity index is 2.43. The largest absolute Gasteiger partial charge is 0.469 e. The van der Waals surface area contributed by atoms with Crippen LogP contribution < -0.4 is 0 Å². The Morgan fingerprint density at radius 3 is 2.67 bits per heavy atom. The van der Waals surface area contributed by atoms with Crippen molar-refractivity contribution >= 4 is 12.0 Å². The van der Waals surface area contributed by atoms with E-state index in [2.05, 4.69) is 4.74 Å². The van der Waals surface area contributed by atoms with Crippen LogP contribution in [0.3, 0.4) is 0 Å². The molecule has 15 heavy (non-hydrogen) atoms. The van der Waals surface area contributed by atoms with Gasteiger partial charge in [-0.15, -0.1) is 0 Å². The Morgan fingerprint density at radius 2 is 2.07 bits per heavy atom. The molecule has 1 atom stereocenters. The molecule has 0 bridgehead atoms. The molecule has 0 amide bonds. The van der Waals surface area contributed by atoms with Gasteiger partial charge in [0.15, 0.2) is 0 Å². The smallest absolute Gasteiger partial charge is 0.308 e. The van der Waals surface area contributed by atoms with Crippen LogP contribution in [-0.4, -0.2) is 13.1 Å². The molecule has 0 N–H and O–H groups in total. The van der Waals surface area contributed by atoms with Gasteiger partial charge in [0.05, 0.1) is 13.0 Å². The molecule has 2 nitrogen and oxygen atoms in total. The molecule has 0 aromatic heterocycles. The van der Waals surface area contributed by atoms with E-state index in [4.69, 9.17) is 0 Å². The van der Waals surface area contributed by atoms with Crippen LogP contribution in [-0.2, 0) is 9.53 Å². The summed E-state index contributed by atoms with van der Waals surface area (Å²) in [5, 5.41) is 0. The molecule has 2 heteroatoms. The van der Waals surface area contributed by atoms with Gasteiger partial charge in [0.25, 0.3) is 0 Å². The Morgan fingerprint density at radius 1 is 1.40 bits per heavy atom. The second-order valence-corrected chi connectivity index (χ2v) is 3.47. The minimum Gasteiger partial charge on any atom is -0.469 e. The van der Waals surface area contributed by atoms with E-state index >= 15 is 0 Å². The monoisotopic (exact) mass is 204 g/mol. The van der Waals surface area contributed by atoms with E-state index < -0.39 is 0 Å². The van der Waals surface area contributed by atoms with Crippen molar-refractivity contribution in [2.45, 2.75) is 13.3 Å². The summed E-state index contributed by atoms with van der Waals surface area (Å²) >= 11 is 0. The topological polar surface area (TPSA) is 26.3 Å². The molecular weight excluding hydrogens is 188 g/mol. The molecule has 0 aliphatic rings. The highest BCUT2D eigenvalue weighted by molar-refractivity contribution is 5.72. The number of esters is 1. The third kappa shape index (κ3) is 3.98. The molecule has 1 aromatic rings. The summed E-state index contributed by atoms with van der Waals surface area (Å²) in [6.07, 6.45) is 4.72. The summed E-state index contributed by atoms with van der Waals surface area (Å²) < 4.78 is 4.64. The Bertz CT molecular complexity index is 328. The van der Waals surface area contributed by atoms with E-state index in [1.165, 1.54) is 7.11 Å². The second-order valence-electron chi connectivity index (χ2n) is 3.47. The number of ether oxygens (including phenoxy) is 1. The fourth-order valence-electron chi connectivity index (χ4n) is 1.27. The number of hydrogen-bond donors (Lipinski definition) is 0. The van der Waals surface area contributed by atoms with Crippen molar-refractivity contribution < 1.29 is 9.53 Å². The zero-order valence-electron chi connectivity index (χ0n) is 9.14. The van der Waals surface area contributed by atoms with Crippen molar-refractivity contribution in [3.8, 4) is 0 Å². The van der Waals surface area contributed by atoms with Gasteiger partial charge in [0.2, 0.25) is 0 Å². The van der Waals surface area contributed by atoms with Crippen LogP contribution in [0.1, 0.15) is 18.9 Å². The van der Waals surface area contributed by atoms with E-state index in [9.17, 15) is 4.79 Å². The standard InChI is InChI=1S/C13H16O2/c1-11(13(14)15-2)7-6-10-12-8-4-3-5-9-12/h3-6,8-11H,7H2,1-2H3. The van der Waals surface area contributed by atoms with E-state index in [0.29, 0.717) is 6.42 Å². The Kier molecular flexibility index (Phi) is 4.61. The lowest BCUT2D eigenvalue weighted by molar-refractivity contribution is -0.144. The number of carbonyl (C=O) groups is 1. The van der Waals surface area contributed by atoms with Gasteiger partial charge in [0.1, 0.15) is 0 Å². The first kappa shape index (κ1) is 11.5. The van der Waals surface area contributed by atoms with E-state index in [-0.39, 0.29) is 11.9 Å². The summed E-state index contributed by atoms with van der Waals surface area (Å²) in [6, 6.07) is 10.0. The minimum atomic E-state index is -0.160. The number of rotatable bonds is 4. The van der Waals surface area contributed by atoms with Crippen LogP contribution in [0.15, 0.2) is 36.4 Å². The van der Waals surface area contributed by atoms with Crippen LogP contribution in [0.5, 0.6) is 0 Å². The maximum absolute atomic E-state index is 11.1. The van der Waals surface area contributed by atoms with Gasteiger partial charge in [0, 0.05) is 0 Å². The third-order valence-corrected chi connectivity index (χ3v) is 2.20. The molecule has 0 aliphatic heterocycles. The zero-order valence-corrected chi connectivity index (χ0v) is 9.14. The van der Waals surface area contributed by atoms with Gasteiger partial charge >= 0.3 is 5.97 Å². The SMILES string of the molecule is COC(=O)C(C)CC=Cc1ccccc1. The highest BCUT2D eigenvalue weighted by Crippen LogP contribution is 2.08. The average Bonchev–Trinajstić information content (AvgIpc) is 2.29. The highest BCUT2D eigenvalue weighted by Gasteiger charge is 2.09. The summed E-state index contributed by atoms with van der Waals surface area (Å²) in [5.41, 5.74) is 1.15. The van der Waals surface area contributed by atoms with Crippen LogP contribution in [0.4, 0.5) is 0 Å². The summed E-state index contributed by atoms with van der Waals surface area (Å²) in [7, 11) is 1.42. The van der Waals surface area contributed by atoms with Gasteiger partial charge in [-0.05, 0) is 12.0 Å². The van der Waals surface area contributed by atoms with Crippen LogP contribution in [0, 0.1) is 5.92 Å². The van der Waals surface area contributed by atoms with Crippen molar-refractivity contribution in [1.29, 1.82) is 0 Å². The van der Waals surface area contributed by atoms with Crippen molar-refractivity contribution in [3.63, 3.8) is 0 Å². The van der Waals surface area contributed by atoms with E-state index in [1.54, 1.807) is 0 Å². The van der Waals surface area contributed by atoms with Gasteiger partial charge in [-0.25, -0.2) is 0 Å². The number of benzene rings is 1. The molecule has 0 spiro atoms. The molecule has 0 fully saturated rings. The third-order valence-electron chi connectivity index (χ3n) is 2.20. The van der Waals surface area contributed by atoms with Crippen molar-refractivity contribution in [2.75, 3.05) is 7.11 Å². The second kappa shape index (κ2) is 6.02. The normalized spacial score (nSPS) is 12.7. The van der Waals surface area contributed by atoms with Crippen molar-refractivity contribution in [2.24, 2.45) is 5.92 Å². The molecule has 1 aromatic carbocycles. The fraction of sp³-hybridized carbons (Fsp3) is 0.308. The molecule has 0 saturated heterocycles. The quantitative estimate of drug-likeness (QED) is 0.705. The molecule has 1 rings (SSSR count). The first-order valence-corrected chi connectivity index (χ1v) is 5.03. The van der Waals surface area contributed by atoms with Crippen LogP contribution in [0.2, 0.25) is 0 Å². The molecular formula is C13H16O2. The number of methoxy groups -OCH3 is 1.